The van der Waals surface area contributed by atoms with Crippen LogP contribution in [0.2, 0.25) is 14.7 Å². The molecular formula is C14H13Cl3OSi. The van der Waals surface area contributed by atoms with Crippen LogP contribution in [0.3, 0.4) is 0 Å². The summed E-state index contributed by atoms with van der Waals surface area (Å²) in [5, 5.41) is 1.03. The van der Waals surface area contributed by atoms with Gasteiger partial charge in [0.1, 0.15) is 5.75 Å². The van der Waals surface area contributed by atoms with E-state index in [0.717, 1.165) is 22.8 Å². The Bertz CT molecular complexity index is 546. The highest BCUT2D eigenvalue weighted by Crippen LogP contribution is 2.29. The topological polar surface area (TPSA) is 9.23 Å². The van der Waals surface area contributed by atoms with Crippen LogP contribution in [-0.2, 0) is 6.04 Å². The number of halogens is 3. The van der Waals surface area contributed by atoms with Gasteiger partial charge in [0.05, 0.1) is 25.0 Å². The molecule has 2 aromatic rings. The van der Waals surface area contributed by atoms with E-state index in [2.05, 4.69) is 5.68 Å². The zero-order chi connectivity index (χ0) is 13.7. The number of aryl methyl sites for hydroxylation is 1. The fourth-order valence-electron chi connectivity index (χ4n) is 1.73. The smallest absolute Gasteiger partial charge is 0.119 e. The molecule has 0 saturated carbocycles. The number of ether oxygens (including phenoxy) is 1. The maximum atomic E-state index is 6.22. The van der Waals surface area contributed by atoms with Crippen molar-refractivity contribution in [2.45, 2.75) is 12.5 Å². The van der Waals surface area contributed by atoms with Gasteiger partial charge in [-0.3, -0.25) is 0 Å². The Balaban J connectivity index is 1.85. The van der Waals surface area contributed by atoms with Crippen LogP contribution in [0.1, 0.15) is 6.42 Å². The van der Waals surface area contributed by atoms with Gasteiger partial charge in [-0.15, -0.1) is 0 Å². The molecule has 2 rings (SSSR count). The van der Waals surface area contributed by atoms with Crippen LogP contribution in [0.5, 0.6) is 5.75 Å². The Morgan fingerprint density at radius 1 is 1.00 bits per heavy atom. The Hall–Kier alpha value is -0.543. The third-order valence-corrected chi connectivity index (χ3v) is 6.97. The van der Waals surface area contributed by atoms with Gasteiger partial charge in [-0.1, -0.05) is 58.7 Å². The Morgan fingerprint density at radius 2 is 1.74 bits per heavy atom. The van der Waals surface area contributed by atoms with E-state index in [-0.39, 0.29) is 0 Å². The van der Waals surface area contributed by atoms with Crippen molar-refractivity contribution in [3.63, 3.8) is 0 Å². The molecule has 1 nitrogen and oxygen atoms in total. The number of para-hydroxylation sites is 1. The van der Waals surface area contributed by atoms with E-state index in [1.54, 1.807) is 0 Å². The van der Waals surface area contributed by atoms with Crippen molar-refractivity contribution in [1.82, 2.24) is 0 Å². The van der Waals surface area contributed by atoms with Gasteiger partial charge in [0.2, 0.25) is 0 Å². The third kappa shape index (κ3) is 4.21. The lowest BCUT2D eigenvalue weighted by molar-refractivity contribution is 0.314. The van der Waals surface area contributed by atoms with Crippen LogP contribution in [0, 0.1) is 0 Å². The van der Waals surface area contributed by atoms with Crippen LogP contribution in [0.25, 0.3) is 0 Å². The van der Waals surface area contributed by atoms with E-state index in [1.807, 2.05) is 36.4 Å². The van der Waals surface area contributed by atoms with Crippen LogP contribution in [0.15, 0.2) is 42.1 Å². The quantitative estimate of drug-likeness (QED) is 0.544. The standard InChI is InChI=1S/C14H13Cl3OSi/c15-12-7-10-19(14(17)13(12)16)9-4-8-18-11-5-2-1-3-6-11/h1-3,5-7,10H,4,8-9H2. The minimum Gasteiger partial charge on any atom is -0.494 e. The first-order valence-electron chi connectivity index (χ1n) is 5.98. The van der Waals surface area contributed by atoms with Gasteiger partial charge in [0.25, 0.3) is 0 Å². The summed E-state index contributed by atoms with van der Waals surface area (Å²) < 4.78 is 6.37. The first kappa shape index (κ1) is 14.9. The van der Waals surface area contributed by atoms with Crippen molar-refractivity contribution < 1.29 is 4.74 Å². The van der Waals surface area contributed by atoms with Crippen LogP contribution >= 0.6 is 34.8 Å². The van der Waals surface area contributed by atoms with E-state index < -0.39 is 8.40 Å². The first-order valence-corrected chi connectivity index (χ1v) is 8.90. The molecule has 100 valence electrons. The van der Waals surface area contributed by atoms with E-state index in [4.69, 9.17) is 39.5 Å². The molecule has 0 aliphatic rings. The lowest BCUT2D eigenvalue weighted by Crippen LogP contribution is -2.07. The lowest BCUT2D eigenvalue weighted by Gasteiger charge is -2.08. The van der Waals surface area contributed by atoms with E-state index in [0.29, 0.717) is 16.7 Å². The average Bonchev–Trinajstić information content (AvgIpc) is 2.44. The van der Waals surface area contributed by atoms with Gasteiger partial charge in [0, 0.05) is 4.63 Å². The molecule has 1 aromatic heterocycles. The monoisotopic (exact) mass is 330 g/mol. The second-order valence-electron chi connectivity index (χ2n) is 4.10. The highest BCUT2D eigenvalue weighted by molar-refractivity contribution is 6.69. The SMILES string of the molecule is Clc1cc[si](CCCOc2ccccc2)c(Cl)c1Cl. The number of rotatable bonds is 5. The Kier molecular flexibility index (Phi) is 5.70. The Morgan fingerprint density at radius 3 is 2.47 bits per heavy atom. The molecular weight excluding hydrogens is 319 g/mol. The van der Waals surface area contributed by atoms with E-state index >= 15 is 0 Å². The summed E-state index contributed by atoms with van der Waals surface area (Å²) >= 11 is 18.2. The predicted octanol–water partition coefficient (Wildman–Crippen LogP) is 5.14. The molecule has 0 saturated heterocycles. The molecule has 0 unspecified atom stereocenters. The van der Waals surface area contributed by atoms with E-state index in [9.17, 15) is 0 Å². The zero-order valence-corrected chi connectivity index (χ0v) is 13.5. The molecule has 0 atom stereocenters. The van der Waals surface area contributed by atoms with Crippen molar-refractivity contribution >= 4 is 43.2 Å². The Labute approximate surface area is 129 Å². The minimum absolute atomic E-state index is 0.503. The zero-order valence-electron chi connectivity index (χ0n) is 10.2. The van der Waals surface area contributed by atoms with E-state index in [1.165, 1.54) is 0 Å². The van der Waals surface area contributed by atoms with Crippen molar-refractivity contribution in [2.24, 2.45) is 0 Å². The third-order valence-electron chi connectivity index (χ3n) is 2.72. The number of hydrogen-bond donors (Lipinski definition) is 0. The predicted molar refractivity (Wildman–Crippen MR) is 84.0 cm³/mol. The van der Waals surface area contributed by atoms with Gasteiger partial charge in [-0.25, -0.2) is 0 Å². The van der Waals surface area contributed by atoms with Crippen molar-refractivity contribution in [2.75, 3.05) is 6.61 Å². The molecule has 0 bridgehead atoms. The maximum Gasteiger partial charge on any atom is 0.119 e. The van der Waals surface area contributed by atoms with Crippen molar-refractivity contribution in [3.05, 3.63) is 56.8 Å². The molecule has 0 spiro atoms. The molecule has 5 heteroatoms. The maximum absolute atomic E-state index is 6.22. The highest BCUT2D eigenvalue weighted by atomic mass is 35.5. The minimum atomic E-state index is -0.913. The highest BCUT2D eigenvalue weighted by Gasteiger charge is 2.09. The molecule has 0 amide bonds. The van der Waals surface area contributed by atoms with Gasteiger partial charge in [0.15, 0.2) is 0 Å². The normalized spacial score (nSPS) is 10.5. The summed E-state index contributed by atoms with van der Waals surface area (Å²) in [7, 11) is -0.913. The van der Waals surface area contributed by atoms with Crippen molar-refractivity contribution in [1.29, 1.82) is 0 Å². The fraction of sp³-hybridized carbons (Fsp3) is 0.214. The summed E-state index contributed by atoms with van der Waals surface area (Å²) in [6.45, 7) is 0.686. The summed E-state index contributed by atoms with van der Waals surface area (Å²) in [4.78, 5) is 0. The summed E-state index contributed by atoms with van der Waals surface area (Å²) in [5.41, 5.74) is 2.09. The van der Waals surface area contributed by atoms with Gasteiger partial charge in [-0.2, -0.15) is 0 Å². The second kappa shape index (κ2) is 7.30. The molecule has 0 fully saturated rings. The average molecular weight is 332 g/mol. The summed E-state index contributed by atoms with van der Waals surface area (Å²) in [5.74, 6) is 0.898. The number of hydrogen-bond acceptors (Lipinski definition) is 1. The lowest BCUT2D eigenvalue weighted by atomic mass is 10.3. The largest absolute Gasteiger partial charge is 0.494 e. The van der Waals surface area contributed by atoms with Crippen molar-refractivity contribution in [3.8, 4) is 5.75 Å². The molecule has 0 radical (unpaired) electrons. The summed E-state index contributed by atoms with van der Waals surface area (Å²) in [6, 6.07) is 12.6. The van der Waals surface area contributed by atoms with Gasteiger partial charge < -0.3 is 4.74 Å². The van der Waals surface area contributed by atoms with Crippen LogP contribution in [-0.4, -0.2) is 15.0 Å². The number of benzene rings is 1. The molecule has 0 aliphatic heterocycles. The second-order valence-corrected chi connectivity index (χ2v) is 7.96. The van der Waals surface area contributed by atoms with Gasteiger partial charge >= 0.3 is 0 Å². The van der Waals surface area contributed by atoms with Crippen LogP contribution < -0.4 is 4.74 Å². The fourth-order valence-corrected chi connectivity index (χ4v) is 4.96. The molecule has 1 aromatic carbocycles. The molecule has 0 N–H and O–H groups in total. The summed E-state index contributed by atoms with van der Waals surface area (Å²) in [6.07, 6.45) is 0.950. The first-order chi connectivity index (χ1) is 9.18. The van der Waals surface area contributed by atoms with Gasteiger partial charge in [-0.05, 0) is 30.7 Å². The molecule has 0 aliphatic carbocycles. The van der Waals surface area contributed by atoms with Crippen LogP contribution in [0.4, 0.5) is 0 Å². The molecule has 1 heterocycles. The molecule has 19 heavy (non-hydrogen) atoms.